The van der Waals surface area contributed by atoms with Crippen molar-refractivity contribution in [3.63, 3.8) is 0 Å². The van der Waals surface area contributed by atoms with Gasteiger partial charge in [0, 0.05) is 5.56 Å². The first-order valence-corrected chi connectivity index (χ1v) is 4.74. The molecule has 1 aromatic rings. The van der Waals surface area contributed by atoms with E-state index < -0.39 is 23.5 Å². The Kier molecular flexibility index (Phi) is 3.71. The first kappa shape index (κ1) is 12.3. The monoisotopic (exact) mass is 228 g/mol. The van der Waals surface area contributed by atoms with Crippen molar-refractivity contribution in [1.29, 1.82) is 0 Å². The quantitative estimate of drug-likeness (QED) is 0.828. The molecule has 16 heavy (non-hydrogen) atoms. The number of halogens is 1. The van der Waals surface area contributed by atoms with Crippen molar-refractivity contribution in [3.05, 3.63) is 23.5 Å². The number of benzene rings is 1. The van der Waals surface area contributed by atoms with E-state index in [1.165, 1.54) is 19.2 Å². The van der Waals surface area contributed by atoms with Crippen LogP contribution in [0, 0.1) is 5.82 Å². The highest BCUT2D eigenvalue weighted by atomic mass is 19.1. The summed E-state index contributed by atoms with van der Waals surface area (Å²) in [4.78, 5) is 10.5. The van der Waals surface area contributed by atoms with E-state index in [4.69, 9.17) is 9.84 Å². The summed E-state index contributed by atoms with van der Waals surface area (Å²) in [5.74, 6) is -2.94. The van der Waals surface area contributed by atoms with Crippen molar-refractivity contribution >= 4 is 5.97 Å². The van der Waals surface area contributed by atoms with Crippen LogP contribution < -0.4 is 4.74 Å². The van der Waals surface area contributed by atoms with E-state index in [9.17, 15) is 14.3 Å². The molecule has 0 fully saturated rings. The summed E-state index contributed by atoms with van der Waals surface area (Å²) in [6.07, 6.45) is -0.167. The second-order valence-corrected chi connectivity index (χ2v) is 3.52. The summed E-state index contributed by atoms with van der Waals surface area (Å²) < 4.78 is 18.1. The van der Waals surface area contributed by atoms with Gasteiger partial charge in [-0.2, -0.15) is 4.39 Å². The lowest BCUT2D eigenvalue weighted by Crippen LogP contribution is -2.04. The molecule has 0 bridgehead atoms. The highest BCUT2D eigenvalue weighted by Crippen LogP contribution is 2.34. The van der Waals surface area contributed by atoms with Crippen molar-refractivity contribution in [3.8, 4) is 11.5 Å². The van der Waals surface area contributed by atoms with Crippen LogP contribution in [0.4, 0.5) is 4.39 Å². The maximum atomic E-state index is 13.4. The fourth-order valence-electron chi connectivity index (χ4n) is 1.49. The first-order valence-electron chi connectivity index (χ1n) is 4.74. The Morgan fingerprint density at radius 3 is 2.69 bits per heavy atom. The minimum absolute atomic E-state index is 0.0659. The number of rotatable bonds is 4. The zero-order chi connectivity index (χ0) is 12.3. The number of phenols is 1. The lowest BCUT2D eigenvalue weighted by atomic mass is 9.96. The van der Waals surface area contributed by atoms with Gasteiger partial charge in [0.15, 0.2) is 11.5 Å². The Morgan fingerprint density at radius 2 is 2.19 bits per heavy atom. The van der Waals surface area contributed by atoms with E-state index in [0.717, 1.165) is 0 Å². The molecule has 88 valence electrons. The van der Waals surface area contributed by atoms with Crippen LogP contribution in [-0.4, -0.2) is 23.3 Å². The minimum atomic E-state index is -0.997. The Balaban J connectivity index is 3.06. The number of phenolic OH excluding ortho intramolecular Hbond substituents is 1. The average Bonchev–Trinajstić information content (AvgIpc) is 2.20. The summed E-state index contributed by atoms with van der Waals surface area (Å²) in [6, 6.07) is 2.83. The number of aromatic hydroxyl groups is 1. The van der Waals surface area contributed by atoms with Gasteiger partial charge in [-0.3, -0.25) is 4.79 Å². The molecule has 0 amide bonds. The maximum absolute atomic E-state index is 13.4. The highest BCUT2D eigenvalue weighted by Gasteiger charge is 2.19. The second kappa shape index (κ2) is 4.83. The summed E-state index contributed by atoms with van der Waals surface area (Å²) in [5, 5.41) is 18.2. The van der Waals surface area contributed by atoms with E-state index in [1.54, 1.807) is 6.92 Å². The predicted octanol–water partition coefficient (Wildman–Crippen LogP) is 2.12. The van der Waals surface area contributed by atoms with Gasteiger partial charge in [-0.05, 0) is 12.0 Å². The molecular weight excluding hydrogens is 215 g/mol. The van der Waals surface area contributed by atoms with Crippen molar-refractivity contribution in [2.45, 2.75) is 19.3 Å². The molecule has 1 atom stereocenters. The predicted molar refractivity (Wildman–Crippen MR) is 55.3 cm³/mol. The summed E-state index contributed by atoms with van der Waals surface area (Å²) >= 11 is 0. The van der Waals surface area contributed by atoms with Crippen LogP contribution in [0.5, 0.6) is 11.5 Å². The van der Waals surface area contributed by atoms with Gasteiger partial charge in [-0.1, -0.05) is 13.0 Å². The standard InChI is InChI=1S/C11H13FO4/c1-6(5-9(13)14)7-3-4-8(16-2)10(12)11(7)15/h3-4,6,15H,5H2,1-2H3,(H,13,14). The molecule has 1 unspecified atom stereocenters. The van der Waals surface area contributed by atoms with Crippen LogP contribution in [-0.2, 0) is 4.79 Å². The largest absolute Gasteiger partial charge is 0.505 e. The number of methoxy groups -OCH3 is 1. The lowest BCUT2D eigenvalue weighted by molar-refractivity contribution is -0.137. The number of aliphatic carboxylic acids is 1. The smallest absolute Gasteiger partial charge is 0.303 e. The van der Waals surface area contributed by atoms with Crippen LogP contribution >= 0.6 is 0 Å². The fourth-order valence-corrected chi connectivity index (χ4v) is 1.49. The lowest BCUT2D eigenvalue weighted by Gasteiger charge is -2.13. The zero-order valence-electron chi connectivity index (χ0n) is 9.03. The molecule has 0 saturated carbocycles. The van der Waals surface area contributed by atoms with Crippen LogP contribution in [0.25, 0.3) is 0 Å². The SMILES string of the molecule is COc1ccc(C(C)CC(=O)O)c(O)c1F. The average molecular weight is 228 g/mol. The molecular formula is C11H13FO4. The molecule has 0 saturated heterocycles. The van der Waals surface area contributed by atoms with Gasteiger partial charge >= 0.3 is 5.97 Å². The van der Waals surface area contributed by atoms with E-state index in [-0.39, 0.29) is 17.7 Å². The molecule has 1 aromatic carbocycles. The number of carboxylic acids is 1. The number of hydrogen-bond acceptors (Lipinski definition) is 3. The van der Waals surface area contributed by atoms with Crippen LogP contribution in [0.2, 0.25) is 0 Å². The number of hydrogen-bond donors (Lipinski definition) is 2. The molecule has 0 aromatic heterocycles. The van der Waals surface area contributed by atoms with E-state index in [1.807, 2.05) is 0 Å². The van der Waals surface area contributed by atoms with Gasteiger partial charge in [0.05, 0.1) is 13.5 Å². The summed E-state index contributed by atoms with van der Waals surface area (Å²) in [6.45, 7) is 1.61. The van der Waals surface area contributed by atoms with Gasteiger partial charge in [0.25, 0.3) is 0 Å². The van der Waals surface area contributed by atoms with Gasteiger partial charge in [-0.15, -0.1) is 0 Å². The normalized spacial score (nSPS) is 12.2. The zero-order valence-corrected chi connectivity index (χ0v) is 9.03. The second-order valence-electron chi connectivity index (χ2n) is 3.52. The van der Waals surface area contributed by atoms with E-state index in [2.05, 4.69) is 0 Å². The first-order chi connectivity index (χ1) is 7.47. The third kappa shape index (κ3) is 2.42. The van der Waals surface area contributed by atoms with Crippen LogP contribution in [0.15, 0.2) is 12.1 Å². The molecule has 1 rings (SSSR count). The Hall–Kier alpha value is -1.78. The van der Waals surface area contributed by atoms with E-state index >= 15 is 0 Å². The maximum Gasteiger partial charge on any atom is 0.303 e. The van der Waals surface area contributed by atoms with E-state index in [0.29, 0.717) is 0 Å². The molecule has 0 aliphatic rings. The Bertz CT molecular complexity index is 403. The van der Waals surface area contributed by atoms with Crippen LogP contribution in [0.1, 0.15) is 24.8 Å². The summed E-state index contributed by atoms with van der Waals surface area (Å²) in [7, 11) is 1.29. The number of carboxylic acid groups (broad SMARTS) is 1. The molecule has 0 aliphatic heterocycles. The number of ether oxygens (including phenoxy) is 1. The van der Waals surface area contributed by atoms with Crippen molar-refractivity contribution in [1.82, 2.24) is 0 Å². The van der Waals surface area contributed by atoms with Gasteiger partial charge < -0.3 is 14.9 Å². The third-order valence-corrected chi connectivity index (χ3v) is 2.34. The topological polar surface area (TPSA) is 66.8 Å². The minimum Gasteiger partial charge on any atom is -0.505 e. The molecule has 0 spiro atoms. The van der Waals surface area contributed by atoms with Crippen LogP contribution in [0.3, 0.4) is 0 Å². The molecule has 4 nitrogen and oxygen atoms in total. The van der Waals surface area contributed by atoms with Gasteiger partial charge in [0.1, 0.15) is 0 Å². The molecule has 0 radical (unpaired) electrons. The summed E-state index contributed by atoms with van der Waals surface area (Å²) in [5.41, 5.74) is 0.265. The molecule has 0 aliphatic carbocycles. The molecule has 5 heteroatoms. The Labute approximate surface area is 92.3 Å². The van der Waals surface area contributed by atoms with Crippen molar-refractivity contribution in [2.75, 3.05) is 7.11 Å². The molecule has 2 N–H and O–H groups in total. The third-order valence-electron chi connectivity index (χ3n) is 2.34. The number of carbonyl (C=O) groups is 1. The van der Waals surface area contributed by atoms with Gasteiger partial charge in [-0.25, -0.2) is 0 Å². The molecule has 0 heterocycles. The fraction of sp³-hybridized carbons (Fsp3) is 0.364. The van der Waals surface area contributed by atoms with Gasteiger partial charge in [0.2, 0.25) is 5.82 Å². The van der Waals surface area contributed by atoms with Crippen molar-refractivity contribution < 1.29 is 24.1 Å². The highest BCUT2D eigenvalue weighted by molar-refractivity contribution is 5.68. The Morgan fingerprint density at radius 1 is 1.56 bits per heavy atom. The van der Waals surface area contributed by atoms with Crippen molar-refractivity contribution in [2.24, 2.45) is 0 Å².